The molecule has 114 valence electrons. The summed E-state index contributed by atoms with van der Waals surface area (Å²) in [5, 5.41) is 14.1. The first-order chi connectivity index (χ1) is 10.3. The minimum Gasteiger partial charge on any atom is -0.507 e. The summed E-state index contributed by atoms with van der Waals surface area (Å²) in [5.41, 5.74) is 0.770. The van der Waals surface area contributed by atoms with E-state index in [2.05, 4.69) is 15.1 Å². The third kappa shape index (κ3) is 2.36. The zero-order valence-corrected chi connectivity index (χ0v) is 11.7. The number of benzene rings is 1. The summed E-state index contributed by atoms with van der Waals surface area (Å²) in [4.78, 5) is 8.40. The fraction of sp³-hybridized carbons (Fsp3) is 0.214. The van der Waals surface area contributed by atoms with Gasteiger partial charge in [-0.25, -0.2) is 9.97 Å². The summed E-state index contributed by atoms with van der Waals surface area (Å²) >= 11 is 0. The van der Waals surface area contributed by atoms with Gasteiger partial charge in [0.25, 0.3) is 0 Å². The number of alkyl halides is 3. The summed E-state index contributed by atoms with van der Waals surface area (Å²) in [6, 6.07) is 1.66. The van der Waals surface area contributed by atoms with Gasteiger partial charge in [0.1, 0.15) is 11.3 Å². The molecule has 0 fully saturated rings. The van der Waals surface area contributed by atoms with Gasteiger partial charge in [-0.2, -0.15) is 18.3 Å². The molecule has 0 saturated heterocycles. The van der Waals surface area contributed by atoms with Gasteiger partial charge in [0.05, 0.1) is 23.7 Å². The first-order valence-corrected chi connectivity index (χ1v) is 6.33. The van der Waals surface area contributed by atoms with E-state index in [9.17, 15) is 18.3 Å². The highest BCUT2D eigenvalue weighted by Crippen LogP contribution is 2.38. The quantitative estimate of drug-likeness (QED) is 0.750. The average molecular weight is 308 g/mol. The fourth-order valence-electron chi connectivity index (χ4n) is 2.29. The number of halogens is 3. The van der Waals surface area contributed by atoms with E-state index >= 15 is 0 Å². The van der Waals surface area contributed by atoms with Crippen LogP contribution in [-0.4, -0.2) is 24.9 Å². The van der Waals surface area contributed by atoms with Crippen molar-refractivity contribution in [3.8, 4) is 17.0 Å². The number of aromatic nitrogens is 4. The molecule has 0 atom stereocenters. The van der Waals surface area contributed by atoms with Crippen molar-refractivity contribution in [2.45, 2.75) is 13.1 Å². The molecule has 0 amide bonds. The minimum absolute atomic E-state index is 0.216. The number of aromatic hydroxyl groups is 1. The summed E-state index contributed by atoms with van der Waals surface area (Å²) in [7, 11) is 1.71. The van der Waals surface area contributed by atoms with Crippen LogP contribution in [0.5, 0.6) is 5.75 Å². The van der Waals surface area contributed by atoms with Gasteiger partial charge >= 0.3 is 6.18 Å². The highest BCUT2D eigenvalue weighted by Gasteiger charge is 2.32. The van der Waals surface area contributed by atoms with E-state index in [1.165, 1.54) is 17.8 Å². The van der Waals surface area contributed by atoms with Crippen LogP contribution in [0.1, 0.15) is 11.1 Å². The molecule has 0 radical (unpaired) electrons. The Labute approximate surface area is 123 Å². The lowest BCUT2D eigenvalue weighted by molar-refractivity contribution is -0.137. The highest BCUT2D eigenvalue weighted by molar-refractivity contribution is 5.76. The zero-order chi connectivity index (χ0) is 16.1. The predicted octanol–water partition coefficient (Wildman–Crippen LogP) is 3.06. The van der Waals surface area contributed by atoms with Crippen molar-refractivity contribution in [2.24, 2.45) is 7.05 Å². The number of phenols is 1. The Hall–Kier alpha value is -2.64. The lowest BCUT2D eigenvalue weighted by atomic mass is 10.0. The molecule has 5 nitrogen and oxygen atoms in total. The van der Waals surface area contributed by atoms with Crippen LogP contribution >= 0.6 is 0 Å². The van der Waals surface area contributed by atoms with Crippen molar-refractivity contribution in [1.29, 1.82) is 0 Å². The lowest BCUT2D eigenvalue weighted by Gasteiger charge is -2.12. The molecule has 2 aromatic heterocycles. The largest absolute Gasteiger partial charge is 0.507 e. The molecule has 8 heteroatoms. The topological polar surface area (TPSA) is 63.8 Å². The number of phenolic OH excluding ortho intramolecular Hbond substituents is 1. The van der Waals surface area contributed by atoms with Crippen molar-refractivity contribution in [3.05, 3.63) is 35.7 Å². The molecule has 0 aliphatic rings. The third-order valence-corrected chi connectivity index (χ3v) is 3.24. The molecule has 22 heavy (non-hydrogen) atoms. The van der Waals surface area contributed by atoms with Gasteiger partial charge in [-0.05, 0) is 24.6 Å². The molecule has 3 rings (SSSR count). The van der Waals surface area contributed by atoms with Crippen LogP contribution in [-0.2, 0) is 13.2 Å². The van der Waals surface area contributed by atoms with E-state index in [0.717, 1.165) is 6.07 Å². The maximum atomic E-state index is 12.7. The van der Waals surface area contributed by atoms with Gasteiger partial charge < -0.3 is 5.11 Å². The molecule has 0 spiro atoms. The molecule has 0 aliphatic heterocycles. The third-order valence-electron chi connectivity index (χ3n) is 3.24. The molecule has 0 saturated carbocycles. The smallest absolute Gasteiger partial charge is 0.416 e. The Morgan fingerprint density at radius 1 is 1.23 bits per heavy atom. The maximum absolute atomic E-state index is 12.7. The molecule has 0 unspecified atom stereocenters. The van der Waals surface area contributed by atoms with Crippen molar-refractivity contribution >= 4 is 11.2 Å². The SMILES string of the molecule is Cc1cc(C(F)(F)F)cc(O)c1-c1cnc2cn(C)nc2n1. The van der Waals surface area contributed by atoms with Gasteiger partial charge in [-0.3, -0.25) is 4.68 Å². The van der Waals surface area contributed by atoms with Gasteiger partial charge in [0.2, 0.25) is 0 Å². The normalized spacial score (nSPS) is 12.0. The van der Waals surface area contributed by atoms with Gasteiger partial charge in [0.15, 0.2) is 5.65 Å². The van der Waals surface area contributed by atoms with Crippen LogP contribution < -0.4 is 0 Å². The molecular formula is C14H11F3N4O. The number of rotatable bonds is 1. The Balaban J connectivity index is 2.17. The Morgan fingerprint density at radius 2 is 1.95 bits per heavy atom. The lowest BCUT2D eigenvalue weighted by Crippen LogP contribution is -2.05. The number of aryl methyl sites for hydroxylation is 2. The van der Waals surface area contributed by atoms with E-state index in [-0.39, 0.29) is 16.8 Å². The van der Waals surface area contributed by atoms with Gasteiger partial charge in [-0.1, -0.05) is 0 Å². The van der Waals surface area contributed by atoms with Gasteiger partial charge in [-0.15, -0.1) is 0 Å². The number of hydrogen-bond donors (Lipinski definition) is 1. The second kappa shape index (κ2) is 4.69. The number of hydrogen-bond acceptors (Lipinski definition) is 4. The summed E-state index contributed by atoms with van der Waals surface area (Å²) in [6.07, 6.45) is -1.44. The van der Waals surface area contributed by atoms with Crippen LogP contribution in [0, 0.1) is 6.92 Å². The number of fused-ring (bicyclic) bond motifs is 1. The van der Waals surface area contributed by atoms with Crippen LogP contribution in [0.2, 0.25) is 0 Å². The molecule has 1 N–H and O–H groups in total. The average Bonchev–Trinajstić information content (AvgIpc) is 2.76. The Bertz CT molecular complexity index is 847. The second-order valence-electron chi connectivity index (χ2n) is 4.95. The van der Waals surface area contributed by atoms with Crippen molar-refractivity contribution in [2.75, 3.05) is 0 Å². The highest BCUT2D eigenvalue weighted by atomic mass is 19.4. The molecular weight excluding hydrogens is 297 g/mol. The Kier molecular flexibility index (Phi) is 3.05. The van der Waals surface area contributed by atoms with Crippen molar-refractivity contribution in [1.82, 2.24) is 19.7 Å². The van der Waals surface area contributed by atoms with Crippen molar-refractivity contribution < 1.29 is 18.3 Å². The van der Waals surface area contributed by atoms with E-state index in [1.54, 1.807) is 13.2 Å². The summed E-state index contributed by atoms with van der Waals surface area (Å²) in [5.74, 6) is -0.489. The molecule has 0 aliphatic carbocycles. The maximum Gasteiger partial charge on any atom is 0.416 e. The molecule has 2 heterocycles. The van der Waals surface area contributed by atoms with E-state index < -0.39 is 17.5 Å². The first kappa shape index (κ1) is 14.3. The second-order valence-corrected chi connectivity index (χ2v) is 4.95. The standard InChI is InChI=1S/C14H11F3N4O/c1-7-3-8(14(15,16)17)4-11(22)12(7)9-5-18-10-6-21(2)20-13(10)19-9/h3-6,22H,1-2H3. The fourth-order valence-corrected chi connectivity index (χ4v) is 2.29. The predicted molar refractivity (Wildman–Crippen MR) is 73.1 cm³/mol. The first-order valence-electron chi connectivity index (χ1n) is 6.33. The van der Waals surface area contributed by atoms with Crippen LogP contribution in [0.25, 0.3) is 22.4 Å². The zero-order valence-electron chi connectivity index (χ0n) is 11.7. The monoisotopic (exact) mass is 308 g/mol. The summed E-state index contributed by atoms with van der Waals surface area (Å²) < 4.78 is 39.8. The number of nitrogens with zero attached hydrogens (tertiary/aromatic N) is 4. The van der Waals surface area contributed by atoms with E-state index in [0.29, 0.717) is 17.2 Å². The van der Waals surface area contributed by atoms with E-state index in [1.807, 2.05) is 0 Å². The minimum atomic E-state index is -4.52. The van der Waals surface area contributed by atoms with E-state index in [4.69, 9.17) is 0 Å². The summed E-state index contributed by atoms with van der Waals surface area (Å²) in [6.45, 7) is 1.48. The molecule has 0 bridgehead atoms. The van der Waals surface area contributed by atoms with Crippen LogP contribution in [0.4, 0.5) is 13.2 Å². The molecule has 3 aromatic rings. The van der Waals surface area contributed by atoms with Crippen molar-refractivity contribution in [3.63, 3.8) is 0 Å². The Morgan fingerprint density at radius 3 is 2.59 bits per heavy atom. The van der Waals surface area contributed by atoms with Gasteiger partial charge in [0, 0.05) is 12.6 Å². The van der Waals surface area contributed by atoms with Crippen LogP contribution in [0.3, 0.4) is 0 Å². The van der Waals surface area contributed by atoms with Crippen LogP contribution in [0.15, 0.2) is 24.5 Å². The molecule has 1 aromatic carbocycles.